The summed E-state index contributed by atoms with van der Waals surface area (Å²) in [6.07, 6.45) is 9.00. The van der Waals surface area contributed by atoms with Crippen LogP contribution in [0, 0.1) is 0 Å². The van der Waals surface area contributed by atoms with Crippen LogP contribution in [0.5, 0.6) is 0 Å². The Morgan fingerprint density at radius 1 is 0.800 bits per heavy atom. The van der Waals surface area contributed by atoms with Crippen LogP contribution in [0.3, 0.4) is 0 Å². The molecule has 1 aliphatic carbocycles. The first-order valence-electron chi connectivity index (χ1n) is 3.65. The van der Waals surface area contributed by atoms with Gasteiger partial charge in [-0.1, -0.05) is 38.5 Å². The van der Waals surface area contributed by atoms with Crippen molar-refractivity contribution in [2.45, 2.75) is 38.5 Å². The molecular formula is C6H15O3P. The van der Waals surface area contributed by atoms with Crippen LogP contribution in [0.15, 0.2) is 0 Å². The van der Waals surface area contributed by atoms with E-state index in [-0.39, 0.29) is 0 Å². The lowest BCUT2D eigenvalue weighted by Gasteiger charge is -2.05. The summed E-state index contributed by atoms with van der Waals surface area (Å²) in [6, 6.07) is 0. The van der Waals surface area contributed by atoms with E-state index in [2.05, 4.69) is 0 Å². The molecule has 0 aromatic rings. The highest BCUT2D eigenvalue weighted by Crippen LogP contribution is 2.15. The summed E-state index contributed by atoms with van der Waals surface area (Å²) in [4.78, 5) is 14.3. The van der Waals surface area contributed by atoms with Crippen molar-refractivity contribution < 1.29 is 14.4 Å². The Kier molecular flexibility index (Phi) is 7.37. The van der Waals surface area contributed by atoms with Gasteiger partial charge in [0.15, 0.2) is 0 Å². The molecule has 0 aromatic carbocycles. The maximum Gasteiger partial charge on any atom is 0.314 e. The van der Waals surface area contributed by atoms with Crippen LogP contribution in [0.25, 0.3) is 0 Å². The van der Waals surface area contributed by atoms with Crippen LogP contribution in [-0.4, -0.2) is 9.79 Å². The van der Waals surface area contributed by atoms with E-state index in [1.54, 1.807) is 0 Å². The maximum atomic E-state index is 8.74. The first-order valence-corrected chi connectivity index (χ1v) is 4.95. The molecule has 10 heavy (non-hydrogen) atoms. The summed E-state index contributed by atoms with van der Waals surface area (Å²) in [5, 5.41) is 0. The molecule has 0 aromatic heterocycles. The zero-order valence-electron chi connectivity index (χ0n) is 6.05. The fraction of sp³-hybridized carbons (Fsp3) is 1.00. The molecule has 0 aliphatic heterocycles. The predicted octanol–water partition coefficient (Wildman–Crippen LogP) is 1.70. The van der Waals surface area contributed by atoms with Crippen molar-refractivity contribution in [1.82, 2.24) is 0 Å². The zero-order valence-corrected chi connectivity index (χ0v) is 7.05. The summed E-state index contributed by atoms with van der Waals surface area (Å²) in [5.41, 5.74) is 0. The zero-order chi connectivity index (χ0) is 7.82. The molecule has 0 amide bonds. The Labute approximate surface area is 62.0 Å². The largest absolute Gasteiger partial charge is 0.326 e. The minimum absolute atomic E-state index is 1.50. The SMILES string of the molecule is C1CCCCC1.O=[PH](O)O. The van der Waals surface area contributed by atoms with Gasteiger partial charge >= 0.3 is 8.25 Å². The van der Waals surface area contributed by atoms with Gasteiger partial charge in [0, 0.05) is 0 Å². The van der Waals surface area contributed by atoms with E-state index < -0.39 is 8.25 Å². The molecule has 62 valence electrons. The fourth-order valence-electron chi connectivity index (χ4n) is 1.06. The molecule has 0 bridgehead atoms. The minimum atomic E-state index is -3.13. The smallest absolute Gasteiger partial charge is 0.314 e. The summed E-state index contributed by atoms with van der Waals surface area (Å²) >= 11 is 0. The van der Waals surface area contributed by atoms with Gasteiger partial charge in [-0.3, -0.25) is 4.57 Å². The summed E-state index contributed by atoms with van der Waals surface area (Å²) in [6.45, 7) is 0. The first kappa shape index (κ1) is 10.2. The fourth-order valence-corrected chi connectivity index (χ4v) is 1.06. The van der Waals surface area contributed by atoms with E-state index in [1.165, 1.54) is 38.5 Å². The lowest BCUT2D eigenvalue weighted by molar-refractivity contribution is 0.405. The molecule has 0 spiro atoms. The second kappa shape index (κ2) is 7.26. The second-order valence-corrected chi connectivity index (χ2v) is 2.97. The Hall–Kier alpha value is 0.150. The third-order valence-electron chi connectivity index (χ3n) is 1.50. The van der Waals surface area contributed by atoms with Gasteiger partial charge in [-0.15, -0.1) is 0 Å². The Morgan fingerprint density at radius 3 is 1.00 bits per heavy atom. The predicted molar refractivity (Wildman–Crippen MR) is 41.1 cm³/mol. The average Bonchev–Trinajstić information content (AvgIpc) is 1.90. The second-order valence-electron chi connectivity index (χ2n) is 2.40. The van der Waals surface area contributed by atoms with Gasteiger partial charge in [-0.2, -0.15) is 0 Å². The van der Waals surface area contributed by atoms with Gasteiger partial charge in [0.05, 0.1) is 0 Å². The third-order valence-corrected chi connectivity index (χ3v) is 1.50. The van der Waals surface area contributed by atoms with Gasteiger partial charge in [0.1, 0.15) is 0 Å². The monoisotopic (exact) mass is 166 g/mol. The quantitative estimate of drug-likeness (QED) is 0.538. The summed E-state index contributed by atoms with van der Waals surface area (Å²) in [5.74, 6) is 0. The Bertz CT molecular complexity index is 75.5. The van der Waals surface area contributed by atoms with Crippen molar-refractivity contribution >= 4 is 8.25 Å². The minimum Gasteiger partial charge on any atom is -0.326 e. The molecule has 4 heteroatoms. The highest BCUT2D eigenvalue weighted by atomic mass is 31.1. The lowest BCUT2D eigenvalue weighted by Crippen LogP contribution is -1.85. The molecule has 1 rings (SSSR count). The van der Waals surface area contributed by atoms with Crippen molar-refractivity contribution in [3.63, 3.8) is 0 Å². The van der Waals surface area contributed by atoms with Crippen LogP contribution < -0.4 is 0 Å². The highest BCUT2D eigenvalue weighted by Gasteiger charge is 1.95. The van der Waals surface area contributed by atoms with Crippen molar-refractivity contribution in [3.8, 4) is 0 Å². The number of rotatable bonds is 0. The Balaban J connectivity index is 0.000000180. The highest BCUT2D eigenvalue weighted by molar-refractivity contribution is 7.30. The van der Waals surface area contributed by atoms with E-state index in [4.69, 9.17) is 14.4 Å². The average molecular weight is 166 g/mol. The van der Waals surface area contributed by atoms with Crippen LogP contribution >= 0.6 is 8.25 Å². The molecule has 0 saturated heterocycles. The number of hydrogen-bond acceptors (Lipinski definition) is 1. The summed E-state index contributed by atoms with van der Waals surface area (Å²) < 4.78 is 8.74. The molecule has 1 fully saturated rings. The third kappa shape index (κ3) is 11.0. The molecule has 1 saturated carbocycles. The maximum absolute atomic E-state index is 8.74. The van der Waals surface area contributed by atoms with Crippen LogP contribution in [0.2, 0.25) is 0 Å². The normalized spacial score (nSPS) is 17.9. The van der Waals surface area contributed by atoms with Crippen LogP contribution in [0.1, 0.15) is 38.5 Å². The lowest BCUT2D eigenvalue weighted by atomic mass is 10.0. The molecule has 0 radical (unpaired) electrons. The molecular weight excluding hydrogens is 151 g/mol. The van der Waals surface area contributed by atoms with Gasteiger partial charge in [0.2, 0.25) is 0 Å². The van der Waals surface area contributed by atoms with Gasteiger partial charge in [-0.05, 0) is 0 Å². The first-order chi connectivity index (χ1) is 4.73. The molecule has 2 N–H and O–H groups in total. The standard InChI is InChI=1S/C6H12.H3O3P/c1-2-4-6-5-3-1;1-4(2)3/h1-6H2;4H,(H2,1,2,3). The van der Waals surface area contributed by atoms with Crippen LogP contribution in [-0.2, 0) is 4.57 Å². The van der Waals surface area contributed by atoms with Crippen molar-refractivity contribution in [3.05, 3.63) is 0 Å². The molecule has 0 unspecified atom stereocenters. The van der Waals surface area contributed by atoms with Crippen LogP contribution in [0.4, 0.5) is 0 Å². The van der Waals surface area contributed by atoms with Gasteiger partial charge < -0.3 is 9.79 Å². The van der Waals surface area contributed by atoms with E-state index in [1.807, 2.05) is 0 Å². The van der Waals surface area contributed by atoms with E-state index in [0.29, 0.717) is 0 Å². The summed E-state index contributed by atoms with van der Waals surface area (Å²) in [7, 11) is -3.13. The van der Waals surface area contributed by atoms with Crippen molar-refractivity contribution in [2.24, 2.45) is 0 Å². The van der Waals surface area contributed by atoms with E-state index >= 15 is 0 Å². The van der Waals surface area contributed by atoms with E-state index in [0.717, 1.165) is 0 Å². The van der Waals surface area contributed by atoms with Crippen molar-refractivity contribution in [2.75, 3.05) is 0 Å². The van der Waals surface area contributed by atoms with E-state index in [9.17, 15) is 0 Å². The topological polar surface area (TPSA) is 57.5 Å². The van der Waals surface area contributed by atoms with Gasteiger partial charge in [0.25, 0.3) is 0 Å². The number of hydrogen-bond donors (Lipinski definition) is 2. The van der Waals surface area contributed by atoms with Crippen molar-refractivity contribution in [1.29, 1.82) is 0 Å². The molecule has 0 heterocycles. The Morgan fingerprint density at radius 2 is 0.900 bits per heavy atom. The molecule has 1 aliphatic rings. The molecule has 3 nitrogen and oxygen atoms in total. The van der Waals surface area contributed by atoms with Gasteiger partial charge in [-0.25, -0.2) is 0 Å². The molecule has 0 atom stereocenters.